The highest BCUT2D eigenvalue weighted by atomic mass is 32.1. The van der Waals surface area contributed by atoms with Crippen LogP contribution in [0.3, 0.4) is 0 Å². The number of ether oxygens (including phenoxy) is 1. The van der Waals surface area contributed by atoms with Gasteiger partial charge in [0.25, 0.3) is 5.56 Å². The van der Waals surface area contributed by atoms with Gasteiger partial charge in [-0.25, -0.2) is 4.79 Å². The summed E-state index contributed by atoms with van der Waals surface area (Å²) in [6.07, 6.45) is 0.643. The van der Waals surface area contributed by atoms with Crippen LogP contribution >= 0.6 is 11.3 Å². The lowest BCUT2D eigenvalue weighted by atomic mass is 9.98. The molecule has 2 aromatic heterocycles. The van der Waals surface area contributed by atoms with E-state index in [0.29, 0.717) is 23.2 Å². The van der Waals surface area contributed by atoms with Gasteiger partial charge in [-0.15, -0.1) is 11.3 Å². The van der Waals surface area contributed by atoms with E-state index in [-0.39, 0.29) is 24.2 Å². The Labute approximate surface area is 165 Å². The highest BCUT2D eigenvalue weighted by Gasteiger charge is 2.31. The van der Waals surface area contributed by atoms with Gasteiger partial charge in [0.2, 0.25) is 5.91 Å². The molecule has 0 bridgehead atoms. The minimum absolute atomic E-state index is 0.137. The summed E-state index contributed by atoms with van der Waals surface area (Å²) in [6, 6.07) is 9.28. The van der Waals surface area contributed by atoms with E-state index in [2.05, 4.69) is 0 Å². The Hall–Kier alpha value is -2.71. The minimum atomic E-state index is -0.634. The summed E-state index contributed by atoms with van der Waals surface area (Å²) in [4.78, 5) is 39.0. The standard InChI is InChI=1S/C20H21N3O4S/c1-20(2)8-14-13(11-27-20)16-17(28-14)18(25)23(9-12-6-4-3-5-7-12)19(26)22(16)10-15(21)24/h3-7H,8-11H2,1-2H3,(H2,21,24). The number of thiophene rings is 1. The van der Waals surface area contributed by atoms with Gasteiger partial charge in [0.05, 0.1) is 24.3 Å². The molecule has 0 saturated carbocycles. The van der Waals surface area contributed by atoms with E-state index in [1.807, 2.05) is 44.2 Å². The number of carbonyl (C=O) groups is 1. The second kappa shape index (κ2) is 6.72. The number of fused-ring (bicyclic) bond motifs is 3. The first kappa shape index (κ1) is 18.6. The molecular formula is C20H21N3O4S. The van der Waals surface area contributed by atoms with Crippen LogP contribution in [0.2, 0.25) is 0 Å². The fourth-order valence-corrected chi connectivity index (χ4v) is 5.06. The Morgan fingerprint density at radius 1 is 1.21 bits per heavy atom. The number of amides is 1. The monoisotopic (exact) mass is 399 g/mol. The molecule has 146 valence electrons. The van der Waals surface area contributed by atoms with Gasteiger partial charge < -0.3 is 10.5 Å². The third-order valence-electron chi connectivity index (χ3n) is 4.92. The van der Waals surface area contributed by atoms with Crippen LogP contribution in [0.1, 0.15) is 29.9 Å². The molecule has 0 spiro atoms. The summed E-state index contributed by atoms with van der Waals surface area (Å²) in [7, 11) is 0. The molecule has 1 aromatic carbocycles. The van der Waals surface area contributed by atoms with Gasteiger partial charge in [0.15, 0.2) is 0 Å². The number of primary amides is 1. The van der Waals surface area contributed by atoms with Crippen LogP contribution in [0.15, 0.2) is 39.9 Å². The van der Waals surface area contributed by atoms with E-state index in [0.717, 1.165) is 16.0 Å². The highest BCUT2D eigenvalue weighted by molar-refractivity contribution is 7.19. The maximum absolute atomic E-state index is 13.2. The average molecular weight is 399 g/mol. The molecule has 4 rings (SSSR count). The Balaban J connectivity index is 1.99. The molecule has 1 aliphatic rings. The number of hydrogen-bond acceptors (Lipinski definition) is 5. The first-order valence-electron chi connectivity index (χ1n) is 9.01. The van der Waals surface area contributed by atoms with Crippen LogP contribution in [0.4, 0.5) is 0 Å². The van der Waals surface area contributed by atoms with Gasteiger partial charge in [-0.1, -0.05) is 30.3 Å². The van der Waals surface area contributed by atoms with E-state index < -0.39 is 11.6 Å². The molecular weight excluding hydrogens is 378 g/mol. The predicted octanol–water partition coefficient (Wildman–Crippen LogP) is 1.61. The Bertz CT molecular complexity index is 1190. The number of nitrogens with zero attached hydrogens (tertiary/aromatic N) is 2. The number of nitrogens with two attached hydrogens (primary N) is 1. The molecule has 7 nitrogen and oxygen atoms in total. The zero-order valence-electron chi connectivity index (χ0n) is 15.7. The maximum atomic E-state index is 13.2. The van der Waals surface area contributed by atoms with Crippen LogP contribution in [0, 0.1) is 0 Å². The molecule has 1 amide bonds. The smallest absolute Gasteiger partial charge is 0.332 e. The molecule has 0 saturated heterocycles. The molecule has 2 N–H and O–H groups in total. The number of benzene rings is 1. The third-order valence-corrected chi connectivity index (χ3v) is 6.13. The Kier molecular flexibility index (Phi) is 4.47. The van der Waals surface area contributed by atoms with E-state index in [4.69, 9.17) is 10.5 Å². The number of hydrogen-bond donors (Lipinski definition) is 1. The summed E-state index contributed by atoms with van der Waals surface area (Å²) in [5, 5.41) is 0. The zero-order chi connectivity index (χ0) is 20.1. The highest BCUT2D eigenvalue weighted by Crippen LogP contribution is 2.37. The van der Waals surface area contributed by atoms with Gasteiger partial charge in [0, 0.05) is 16.9 Å². The summed E-state index contributed by atoms with van der Waals surface area (Å²) < 4.78 is 8.84. The van der Waals surface area contributed by atoms with Crippen LogP contribution in [0.5, 0.6) is 0 Å². The molecule has 0 atom stereocenters. The van der Waals surface area contributed by atoms with Crippen molar-refractivity contribution < 1.29 is 9.53 Å². The van der Waals surface area contributed by atoms with Crippen molar-refractivity contribution in [3.05, 3.63) is 67.2 Å². The molecule has 8 heteroatoms. The van der Waals surface area contributed by atoms with Crippen molar-refractivity contribution in [3.8, 4) is 0 Å². The predicted molar refractivity (Wildman–Crippen MR) is 108 cm³/mol. The quantitative estimate of drug-likeness (QED) is 0.721. The Morgan fingerprint density at radius 3 is 2.61 bits per heavy atom. The van der Waals surface area contributed by atoms with E-state index in [1.165, 1.54) is 20.5 Å². The molecule has 28 heavy (non-hydrogen) atoms. The second-order valence-corrected chi connectivity index (χ2v) is 8.72. The van der Waals surface area contributed by atoms with Crippen molar-refractivity contribution in [2.75, 3.05) is 0 Å². The lowest BCUT2D eigenvalue weighted by Crippen LogP contribution is -2.42. The SMILES string of the molecule is CC1(C)Cc2sc3c(=O)n(Cc4ccccc4)c(=O)n(CC(N)=O)c3c2CO1. The number of aromatic nitrogens is 2. The van der Waals surface area contributed by atoms with Crippen LogP contribution < -0.4 is 17.0 Å². The molecule has 0 fully saturated rings. The van der Waals surface area contributed by atoms with Crippen LogP contribution in [0.25, 0.3) is 10.2 Å². The topological polar surface area (TPSA) is 96.3 Å². The molecule has 1 aliphatic heterocycles. The summed E-state index contributed by atoms with van der Waals surface area (Å²) >= 11 is 1.38. The van der Waals surface area contributed by atoms with Crippen LogP contribution in [-0.2, 0) is 35.6 Å². The third kappa shape index (κ3) is 3.18. The largest absolute Gasteiger partial charge is 0.370 e. The van der Waals surface area contributed by atoms with E-state index in [1.54, 1.807) is 0 Å². The summed E-state index contributed by atoms with van der Waals surface area (Å²) in [6.45, 7) is 4.13. The van der Waals surface area contributed by atoms with Gasteiger partial charge in [-0.05, 0) is 19.4 Å². The van der Waals surface area contributed by atoms with Crippen molar-refractivity contribution in [1.82, 2.24) is 9.13 Å². The number of rotatable bonds is 4. The van der Waals surface area contributed by atoms with Gasteiger partial charge >= 0.3 is 5.69 Å². The Morgan fingerprint density at radius 2 is 1.93 bits per heavy atom. The van der Waals surface area contributed by atoms with Gasteiger partial charge in [0.1, 0.15) is 11.2 Å². The molecule has 0 aliphatic carbocycles. The van der Waals surface area contributed by atoms with Gasteiger partial charge in [-0.3, -0.25) is 18.7 Å². The van der Waals surface area contributed by atoms with Crippen molar-refractivity contribution in [3.63, 3.8) is 0 Å². The zero-order valence-corrected chi connectivity index (χ0v) is 16.5. The lowest BCUT2D eigenvalue weighted by molar-refractivity contribution is -0.118. The molecule has 0 radical (unpaired) electrons. The minimum Gasteiger partial charge on any atom is -0.370 e. The first-order chi connectivity index (χ1) is 13.3. The molecule has 0 unspecified atom stereocenters. The van der Waals surface area contributed by atoms with E-state index in [9.17, 15) is 14.4 Å². The van der Waals surface area contributed by atoms with Crippen molar-refractivity contribution >= 4 is 27.5 Å². The lowest BCUT2D eigenvalue weighted by Gasteiger charge is -2.30. The van der Waals surface area contributed by atoms with Crippen molar-refractivity contribution in [2.45, 2.75) is 45.6 Å². The summed E-state index contributed by atoms with van der Waals surface area (Å²) in [5.41, 5.74) is 6.29. The van der Waals surface area contributed by atoms with Gasteiger partial charge in [-0.2, -0.15) is 0 Å². The summed E-state index contributed by atoms with van der Waals surface area (Å²) in [5.74, 6) is -0.634. The fourth-order valence-electron chi connectivity index (χ4n) is 3.59. The first-order valence-corrected chi connectivity index (χ1v) is 9.82. The fraction of sp³-hybridized carbons (Fsp3) is 0.350. The normalized spacial score (nSPS) is 15.5. The number of carbonyl (C=O) groups excluding carboxylic acids is 1. The average Bonchev–Trinajstić information content (AvgIpc) is 3.00. The van der Waals surface area contributed by atoms with Crippen molar-refractivity contribution in [1.29, 1.82) is 0 Å². The van der Waals surface area contributed by atoms with Crippen molar-refractivity contribution in [2.24, 2.45) is 5.73 Å². The van der Waals surface area contributed by atoms with Crippen LogP contribution in [-0.4, -0.2) is 20.6 Å². The second-order valence-electron chi connectivity index (χ2n) is 7.62. The molecule has 3 aromatic rings. The van der Waals surface area contributed by atoms with E-state index >= 15 is 0 Å². The maximum Gasteiger partial charge on any atom is 0.332 e. The molecule has 3 heterocycles.